The molecule has 0 radical (unpaired) electrons. The fourth-order valence-corrected chi connectivity index (χ4v) is 2.63. The van der Waals surface area contributed by atoms with Crippen molar-refractivity contribution < 1.29 is 14.7 Å². The lowest BCUT2D eigenvalue weighted by atomic mass is 10.0. The van der Waals surface area contributed by atoms with Crippen LogP contribution in [0.2, 0.25) is 0 Å². The fraction of sp³-hybridized carbons (Fsp3) is 0.842. The van der Waals surface area contributed by atoms with E-state index in [1.807, 2.05) is 0 Å². The largest absolute Gasteiger partial charge is 0.306 e. The second-order valence-electron chi connectivity index (χ2n) is 6.55. The van der Waals surface area contributed by atoms with E-state index in [2.05, 4.69) is 23.9 Å². The zero-order chi connectivity index (χ0) is 18.0. The summed E-state index contributed by atoms with van der Waals surface area (Å²) in [5.41, 5.74) is 0. The van der Waals surface area contributed by atoms with Crippen molar-refractivity contribution >= 4 is 5.97 Å². The molecule has 24 heavy (non-hydrogen) atoms. The van der Waals surface area contributed by atoms with Crippen molar-refractivity contribution in [1.82, 2.24) is 0 Å². The van der Waals surface area contributed by atoms with E-state index in [1.54, 1.807) is 6.92 Å². The predicted octanol–water partition coefficient (Wildman–Crippen LogP) is 6.00. The number of nitrogens with zero attached hydrogens (tertiary/aromatic N) is 1. The Hall–Kier alpha value is -1.39. The van der Waals surface area contributed by atoms with E-state index in [4.69, 9.17) is 0 Å². The number of unbranched alkanes of at least 4 members (excludes halogenated alkanes) is 10. The topological polar surface area (TPSA) is 69.4 Å². The van der Waals surface area contributed by atoms with Crippen LogP contribution in [0.1, 0.15) is 97.3 Å². The zero-order valence-electron chi connectivity index (χ0n) is 15.5. The van der Waals surface area contributed by atoms with Gasteiger partial charge in [0.15, 0.2) is 0 Å². The average Bonchev–Trinajstić information content (AvgIpc) is 2.54. The van der Waals surface area contributed by atoms with Crippen LogP contribution in [0, 0.1) is 16.0 Å². The minimum Gasteiger partial charge on any atom is -0.268 e. The van der Waals surface area contributed by atoms with Gasteiger partial charge in [0.25, 0.3) is 0 Å². The Morgan fingerprint density at radius 1 is 0.958 bits per heavy atom. The normalized spacial score (nSPS) is 12.4. The molecule has 1 atom stereocenters. The van der Waals surface area contributed by atoms with Crippen molar-refractivity contribution in [2.45, 2.75) is 97.3 Å². The van der Waals surface area contributed by atoms with E-state index in [-0.39, 0.29) is 0 Å². The third-order valence-corrected chi connectivity index (χ3v) is 4.22. The Kier molecular flexibility index (Phi) is 15.5. The molecule has 0 aliphatic heterocycles. The highest BCUT2D eigenvalue weighted by molar-refractivity contribution is 5.71. The Balaban J connectivity index is 3.34. The van der Waals surface area contributed by atoms with Gasteiger partial charge in [-0.15, -0.1) is 10.1 Å². The van der Waals surface area contributed by atoms with Crippen LogP contribution in [0.3, 0.4) is 0 Å². The Morgan fingerprint density at radius 2 is 1.46 bits per heavy atom. The summed E-state index contributed by atoms with van der Waals surface area (Å²) in [7, 11) is 0. The molecule has 0 aromatic rings. The van der Waals surface area contributed by atoms with E-state index in [0.29, 0.717) is 6.42 Å². The first kappa shape index (κ1) is 22.6. The first-order valence-electron chi connectivity index (χ1n) is 9.59. The molecule has 5 heteroatoms. The zero-order valence-corrected chi connectivity index (χ0v) is 15.5. The van der Waals surface area contributed by atoms with Gasteiger partial charge in [-0.2, -0.15) is 0 Å². The third-order valence-electron chi connectivity index (χ3n) is 4.22. The first-order chi connectivity index (χ1) is 11.6. The standard InChI is InChI=1S/C19H35NO4/c1-3-4-5-6-7-8-9-10-11-12-13-14-15-16-17-18(2)19(21)24-20(22)23/h10-11,18H,3-9,12-17H2,1-2H3/b11-10-. The van der Waals surface area contributed by atoms with Crippen LogP contribution in [0.25, 0.3) is 0 Å². The molecule has 0 aromatic heterocycles. The molecule has 0 rings (SSSR count). The van der Waals surface area contributed by atoms with Crippen molar-refractivity contribution in [3.05, 3.63) is 22.3 Å². The van der Waals surface area contributed by atoms with E-state index in [1.165, 1.54) is 51.4 Å². The van der Waals surface area contributed by atoms with Crippen molar-refractivity contribution in [2.75, 3.05) is 0 Å². The van der Waals surface area contributed by atoms with Gasteiger partial charge < -0.3 is 0 Å². The molecule has 0 bridgehead atoms. The molecular weight excluding hydrogens is 306 g/mol. The van der Waals surface area contributed by atoms with Crippen molar-refractivity contribution in [2.24, 2.45) is 5.92 Å². The lowest BCUT2D eigenvalue weighted by Crippen LogP contribution is -2.18. The van der Waals surface area contributed by atoms with Crippen LogP contribution in [0.5, 0.6) is 0 Å². The maximum absolute atomic E-state index is 11.2. The molecule has 0 amide bonds. The van der Waals surface area contributed by atoms with E-state index < -0.39 is 17.0 Å². The second kappa shape index (κ2) is 16.5. The summed E-state index contributed by atoms with van der Waals surface area (Å²) in [6.45, 7) is 3.92. The summed E-state index contributed by atoms with van der Waals surface area (Å²) in [6, 6.07) is 0. The minimum atomic E-state index is -1.03. The summed E-state index contributed by atoms with van der Waals surface area (Å²) in [5, 5.41) is 9.04. The molecule has 140 valence electrons. The van der Waals surface area contributed by atoms with Gasteiger partial charge in [0.2, 0.25) is 0 Å². The Bertz CT molecular complexity index is 355. The lowest BCUT2D eigenvalue weighted by molar-refractivity contribution is -0.730. The molecule has 0 saturated heterocycles. The Labute approximate surface area is 147 Å². The Morgan fingerprint density at radius 3 is 2.00 bits per heavy atom. The summed E-state index contributed by atoms with van der Waals surface area (Å²) >= 11 is 0. The minimum absolute atomic E-state index is 0.396. The first-order valence-corrected chi connectivity index (χ1v) is 9.59. The van der Waals surface area contributed by atoms with Crippen LogP contribution < -0.4 is 0 Å². The smallest absolute Gasteiger partial charge is 0.268 e. The molecule has 1 unspecified atom stereocenters. The quantitative estimate of drug-likeness (QED) is 0.149. The van der Waals surface area contributed by atoms with Crippen molar-refractivity contribution in [3.63, 3.8) is 0 Å². The SMILES string of the molecule is CCCCCCCC/C=C\CCCCCCC(C)C(=O)O[N+](=O)[O-]. The van der Waals surface area contributed by atoms with Crippen LogP contribution >= 0.6 is 0 Å². The monoisotopic (exact) mass is 341 g/mol. The number of carbonyl (C=O) groups excluding carboxylic acids is 1. The fourth-order valence-electron chi connectivity index (χ4n) is 2.63. The molecule has 0 saturated carbocycles. The van der Waals surface area contributed by atoms with Gasteiger partial charge >= 0.3 is 11.1 Å². The molecule has 0 heterocycles. The van der Waals surface area contributed by atoms with Crippen LogP contribution in [0.15, 0.2) is 12.2 Å². The molecular formula is C19H35NO4. The summed E-state index contributed by atoms with van der Waals surface area (Å²) < 4.78 is 0. The average molecular weight is 341 g/mol. The molecule has 0 spiro atoms. The number of hydrogen-bond acceptors (Lipinski definition) is 4. The van der Waals surface area contributed by atoms with E-state index in [0.717, 1.165) is 25.7 Å². The van der Waals surface area contributed by atoms with Gasteiger partial charge in [0.05, 0.1) is 0 Å². The second-order valence-corrected chi connectivity index (χ2v) is 6.55. The van der Waals surface area contributed by atoms with E-state index >= 15 is 0 Å². The van der Waals surface area contributed by atoms with Gasteiger partial charge in [-0.25, -0.2) is 4.84 Å². The highest BCUT2D eigenvalue weighted by Gasteiger charge is 2.16. The highest BCUT2D eigenvalue weighted by Crippen LogP contribution is 2.13. The summed E-state index contributed by atoms with van der Waals surface area (Å²) in [5.74, 6) is -1.13. The van der Waals surface area contributed by atoms with Crippen LogP contribution in [-0.2, 0) is 9.63 Å². The van der Waals surface area contributed by atoms with Gasteiger partial charge in [-0.3, -0.25) is 4.79 Å². The number of allylic oxidation sites excluding steroid dienone is 2. The lowest BCUT2D eigenvalue weighted by Gasteiger charge is -2.07. The molecule has 0 fully saturated rings. The highest BCUT2D eigenvalue weighted by atomic mass is 17.0. The van der Waals surface area contributed by atoms with Crippen LogP contribution in [0.4, 0.5) is 0 Å². The maximum Gasteiger partial charge on any atom is 0.306 e. The van der Waals surface area contributed by atoms with Crippen LogP contribution in [-0.4, -0.2) is 11.1 Å². The molecule has 0 aromatic carbocycles. The number of carbonyl (C=O) groups is 1. The molecule has 5 nitrogen and oxygen atoms in total. The van der Waals surface area contributed by atoms with Crippen molar-refractivity contribution in [3.8, 4) is 0 Å². The van der Waals surface area contributed by atoms with Gasteiger partial charge in [-0.1, -0.05) is 77.4 Å². The summed E-state index contributed by atoms with van der Waals surface area (Å²) in [6.07, 6.45) is 19.9. The number of hydrogen-bond donors (Lipinski definition) is 0. The van der Waals surface area contributed by atoms with Gasteiger partial charge in [0, 0.05) is 5.92 Å². The van der Waals surface area contributed by atoms with Crippen molar-refractivity contribution in [1.29, 1.82) is 0 Å². The molecule has 0 aliphatic rings. The third kappa shape index (κ3) is 15.5. The summed E-state index contributed by atoms with van der Waals surface area (Å²) in [4.78, 5) is 25.3. The predicted molar refractivity (Wildman–Crippen MR) is 97.1 cm³/mol. The number of rotatable bonds is 16. The van der Waals surface area contributed by atoms with Gasteiger partial charge in [-0.05, 0) is 32.1 Å². The maximum atomic E-state index is 11.2. The molecule has 0 N–H and O–H groups in total. The van der Waals surface area contributed by atoms with E-state index in [9.17, 15) is 14.9 Å². The van der Waals surface area contributed by atoms with Gasteiger partial charge in [0.1, 0.15) is 0 Å². The molecule has 0 aliphatic carbocycles.